The van der Waals surface area contributed by atoms with Crippen LogP contribution in [0.1, 0.15) is 15.9 Å². The molecule has 2 N–H and O–H groups in total. The number of carbonyl (C=O) groups excluding carboxylic acids is 1. The van der Waals surface area contributed by atoms with E-state index in [1.54, 1.807) is 0 Å². The second-order valence-corrected chi connectivity index (χ2v) is 7.28. The highest BCUT2D eigenvalue weighted by atomic mass is 32.2. The number of pyridine rings is 1. The molecule has 24 heavy (non-hydrogen) atoms. The van der Waals surface area contributed by atoms with E-state index in [0.29, 0.717) is 12.2 Å². The molecule has 0 atom stereocenters. The van der Waals surface area contributed by atoms with E-state index in [4.69, 9.17) is 0 Å². The molecule has 7 nitrogen and oxygen atoms in total. The van der Waals surface area contributed by atoms with Crippen molar-refractivity contribution < 1.29 is 13.2 Å². The fraction of sp³-hybridized carbons (Fsp3) is 0.250. The second-order valence-electron chi connectivity index (χ2n) is 5.44. The molecule has 0 radical (unpaired) electrons. The minimum Gasteiger partial charge on any atom is -0.322 e. The van der Waals surface area contributed by atoms with Crippen molar-refractivity contribution in [3.63, 3.8) is 0 Å². The lowest BCUT2D eigenvalue weighted by Crippen LogP contribution is -2.20. The van der Waals surface area contributed by atoms with Crippen molar-refractivity contribution in [2.75, 3.05) is 26.5 Å². The van der Waals surface area contributed by atoms with Crippen molar-refractivity contribution in [3.8, 4) is 0 Å². The lowest BCUT2D eigenvalue weighted by molar-refractivity contribution is 0.102. The zero-order valence-electron chi connectivity index (χ0n) is 13.8. The number of aromatic nitrogens is 1. The summed E-state index contributed by atoms with van der Waals surface area (Å²) < 4.78 is 25.5. The predicted octanol–water partition coefficient (Wildman–Crippen LogP) is 1.30. The minimum absolute atomic E-state index is 0.130. The molecule has 0 aliphatic carbocycles. The highest BCUT2D eigenvalue weighted by molar-refractivity contribution is 7.89. The number of hydrogen-bond donors (Lipinski definition) is 2. The van der Waals surface area contributed by atoms with Crippen LogP contribution in [0.2, 0.25) is 0 Å². The van der Waals surface area contributed by atoms with Gasteiger partial charge in [-0.25, -0.2) is 18.1 Å². The fourth-order valence-electron chi connectivity index (χ4n) is 2.09. The molecule has 128 valence electrons. The summed E-state index contributed by atoms with van der Waals surface area (Å²) in [4.78, 5) is 18.2. The normalized spacial score (nSPS) is 11.5. The van der Waals surface area contributed by atoms with Crippen molar-refractivity contribution in [1.82, 2.24) is 14.6 Å². The second kappa shape index (κ2) is 7.52. The van der Waals surface area contributed by atoms with Gasteiger partial charge in [0.05, 0.1) is 5.56 Å². The van der Waals surface area contributed by atoms with E-state index in [2.05, 4.69) is 15.0 Å². The van der Waals surface area contributed by atoms with E-state index in [0.717, 1.165) is 5.56 Å². The molecule has 0 bridgehead atoms. The van der Waals surface area contributed by atoms with Crippen LogP contribution in [0.3, 0.4) is 0 Å². The average molecular weight is 348 g/mol. The average Bonchev–Trinajstić information content (AvgIpc) is 2.56. The largest absolute Gasteiger partial charge is 0.322 e. The molecule has 1 aromatic heterocycles. The molecular weight excluding hydrogens is 328 g/mol. The molecule has 0 aliphatic rings. The summed E-state index contributed by atoms with van der Waals surface area (Å²) in [5.74, 6) is -0.345. The number of hydrogen-bond acceptors (Lipinski definition) is 5. The minimum atomic E-state index is -3.62. The fourth-order valence-corrected chi connectivity index (χ4v) is 2.74. The first-order valence-corrected chi connectivity index (χ1v) is 8.75. The maximum Gasteiger partial charge on any atom is 0.257 e. The van der Waals surface area contributed by atoms with E-state index in [1.807, 2.05) is 43.3 Å². The molecular formula is C16H20N4O3S. The Morgan fingerprint density at radius 3 is 2.46 bits per heavy atom. The highest BCUT2D eigenvalue weighted by Gasteiger charge is 2.15. The summed E-state index contributed by atoms with van der Waals surface area (Å²) in [5, 5.41) is 2.70. The summed E-state index contributed by atoms with van der Waals surface area (Å²) in [6, 6.07) is 10.2. The van der Waals surface area contributed by atoms with E-state index >= 15 is 0 Å². The van der Waals surface area contributed by atoms with Crippen molar-refractivity contribution >= 4 is 21.6 Å². The molecule has 0 aliphatic heterocycles. The van der Waals surface area contributed by atoms with Crippen molar-refractivity contribution in [1.29, 1.82) is 0 Å². The van der Waals surface area contributed by atoms with E-state index in [1.165, 1.54) is 25.4 Å². The molecule has 0 unspecified atom stereocenters. The molecule has 8 heteroatoms. The third kappa shape index (κ3) is 4.38. The Labute approximate surface area is 141 Å². The summed E-state index contributed by atoms with van der Waals surface area (Å²) in [7, 11) is 1.58. The van der Waals surface area contributed by atoms with E-state index in [9.17, 15) is 13.2 Å². The Hall–Kier alpha value is -2.29. The predicted molar refractivity (Wildman–Crippen MR) is 92.3 cm³/mol. The summed E-state index contributed by atoms with van der Waals surface area (Å²) in [6.45, 7) is 0.689. The molecule has 0 fully saturated rings. The van der Waals surface area contributed by atoms with E-state index < -0.39 is 10.0 Å². The number of para-hydroxylation sites is 1. The van der Waals surface area contributed by atoms with Crippen LogP contribution in [0.5, 0.6) is 0 Å². The zero-order chi connectivity index (χ0) is 17.7. The zero-order valence-corrected chi connectivity index (χ0v) is 14.6. The van der Waals surface area contributed by atoms with Crippen LogP contribution in [-0.4, -0.2) is 45.4 Å². The smallest absolute Gasteiger partial charge is 0.257 e. The van der Waals surface area contributed by atoms with Crippen molar-refractivity contribution in [3.05, 3.63) is 53.7 Å². The van der Waals surface area contributed by atoms with Gasteiger partial charge in [-0.3, -0.25) is 4.79 Å². The quantitative estimate of drug-likeness (QED) is 0.821. The standard InChI is InChI=1S/C16H20N4O3S/c1-17-24(22,23)15-9-8-12(10-18-15)16(21)19-14-7-5-4-6-13(14)11-20(2)3/h4-10,17H,11H2,1-3H3,(H,19,21). The number of anilines is 1. The van der Waals surface area contributed by atoms with Gasteiger partial charge < -0.3 is 10.2 Å². The number of rotatable bonds is 6. The maximum absolute atomic E-state index is 12.4. The maximum atomic E-state index is 12.4. The molecule has 0 saturated carbocycles. The Morgan fingerprint density at radius 2 is 1.88 bits per heavy atom. The topological polar surface area (TPSA) is 91.4 Å². The van der Waals surface area contributed by atoms with Crippen LogP contribution < -0.4 is 10.0 Å². The van der Waals surface area contributed by atoms with Gasteiger partial charge in [0.1, 0.15) is 0 Å². The van der Waals surface area contributed by atoms with Crippen LogP contribution in [0.4, 0.5) is 5.69 Å². The first-order valence-electron chi connectivity index (χ1n) is 7.27. The van der Waals surface area contributed by atoms with Gasteiger partial charge in [-0.05, 0) is 44.9 Å². The molecule has 0 saturated heterocycles. The Balaban J connectivity index is 2.19. The van der Waals surface area contributed by atoms with Crippen molar-refractivity contribution in [2.45, 2.75) is 11.6 Å². The number of benzene rings is 1. The van der Waals surface area contributed by atoms with Gasteiger partial charge in [0.25, 0.3) is 15.9 Å². The Morgan fingerprint density at radius 1 is 1.17 bits per heavy atom. The van der Waals surface area contributed by atoms with Gasteiger partial charge in [0.15, 0.2) is 5.03 Å². The molecule has 0 spiro atoms. The van der Waals surface area contributed by atoms with Crippen LogP contribution in [0, 0.1) is 0 Å². The summed E-state index contributed by atoms with van der Waals surface area (Å²) in [6.07, 6.45) is 1.24. The van der Waals surface area contributed by atoms with Crippen LogP contribution in [0.25, 0.3) is 0 Å². The van der Waals surface area contributed by atoms with Gasteiger partial charge in [-0.15, -0.1) is 0 Å². The number of nitrogens with one attached hydrogen (secondary N) is 2. The SMILES string of the molecule is CNS(=O)(=O)c1ccc(C(=O)Nc2ccccc2CN(C)C)cn1. The molecule has 2 aromatic rings. The van der Waals surface area contributed by atoms with Crippen LogP contribution in [0.15, 0.2) is 47.6 Å². The van der Waals surface area contributed by atoms with Crippen molar-refractivity contribution in [2.24, 2.45) is 0 Å². The summed E-state index contributed by atoms with van der Waals surface area (Å²) >= 11 is 0. The Kier molecular flexibility index (Phi) is 5.66. The number of sulfonamides is 1. The van der Waals surface area contributed by atoms with E-state index in [-0.39, 0.29) is 16.5 Å². The lowest BCUT2D eigenvalue weighted by Gasteiger charge is -2.14. The molecule has 1 heterocycles. The first-order chi connectivity index (χ1) is 11.3. The number of amides is 1. The van der Waals surface area contributed by atoms with Gasteiger partial charge in [0.2, 0.25) is 0 Å². The molecule has 1 amide bonds. The van der Waals surface area contributed by atoms with Gasteiger partial charge >= 0.3 is 0 Å². The summed E-state index contributed by atoms with van der Waals surface area (Å²) in [5.41, 5.74) is 1.98. The van der Waals surface area contributed by atoms with Gasteiger partial charge in [-0.2, -0.15) is 0 Å². The molecule has 2 rings (SSSR count). The number of nitrogens with zero attached hydrogens (tertiary/aromatic N) is 2. The van der Waals surface area contributed by atoms with Crippen LogP contribution >= 0.6 is 0 Å². The van der Waals surface area contributed by atoms with Crippen LogP contribution in [-0.2, 0) is 16.6 Å². The molecule has 1 aromatic carbocycles. The van der Waals surface area contributed by atoms with Gasteiger partial charge in [0, 0.05) is 18.4 Å². The monoisotopic (exact) mass is 348 g/mol. The lowest BCUT2D eigenvalue weighted by atomic mass is 10.1. The first kappa shape index (κ1) is 18.1. The number of carbonyl (C=O) groups is 1. The Bertz CT molecular complexity index is 817. The van der Waals surface area contributed by atoms with Gasteiger partial charge in [-0.1, -0.05) is 18.2 Å². The third-order valence-corrected chi connectivity index (χ3v) is 4.62. The third-order valence-electron chi connectivity index (χ3n) is 3.29. The highest BCUT2D eigenvalue weighted by Crippen LogP contribution is 2.17.